The summed E-state index contributed by atoms with van der Waals surface area (Å²) in [5.74, 6) is -0.0759. The van der Waals surface area contributed by atoms with Gasteiger partial charge in [0.05, 0.1) is 16.7 Å². The van der Waals surface area contributed by atoms with E-state index in [0.717, 1.165) is 36.6 Å². The van der Waals surface area contributed by atoms with Gasteiger partial charge in [-0.15, -0.1) is 16.4 Å². The second kappa shape index (κ2) is 6.76. The molecule has 1 unspecified atom stereocenters. The van der Waals surface area contributed by atoms with E-state index in [9.17, 15) is 4.79 Å². The minimum Gasteiger partial charge on any atom is -0.340 e. The molecule has 23 heavy (non-hydrogen) atoms. The van der Waals surface area contributed by atoms with E-state index in [2.05, 4.69) is 20.6 Å². The average Bonchev–Trinajstić information content (AvgIpc) is 3.25. The SMILES string of the molecule is Cc1cnc(CCN(C)C(=O)c2nnn(C3CCNC3)c2C)s1. The van der Waals surface area contributed by atoms with Gasteiger partial charge in [0.15, 0.2) is 5.69 Å². The molecule has 7 nitrogen and oxygen atoms in total. The normalized spacial score (nSPS) is 17.6. The van der Waals surface area contributed by atoms with Crippen LogP contribution in [0.4, 0.5) is 0 Å². The van der Waals surface area contributed by atoms with Crippen molar-refractivity contribution >= 4 is 17.2 Å². The van der Waals surface area contributed by atoms with Gasteiger partial charge in [-0.3, -0.25) is 4.79 Å². The van der Waals surface area contributed by atoms with Gasteiger partial charge in [0.1, 0.15) is 0 Å². The molecule has 1 aliphatic heterocycles. The minimum absolute atomic E-state index is 0.0759. The third-order valence-electron chi connectivity index (χ3n) is 4.19. The lowest BCUT2D eigenvalue weighted by atomic mass is 10.2. The van der Waals surface area contributed by atoms with Crippen LogP contribution in [0.3, 0.4) is 0 Å². The van der Waals surface area contributed by atoms with Crippen molar-refractivity contribution < 1.29 is 4.79 Å². The monoisotopic (exact) mass is 334 g/mol. The van der Waals surface area contributed by atoms with Gasteiger partial charge in [-0.25, -0.2) is 9.67 Å². The highest BCUT2D eigenvalue weighted by molar-refractivity contribution is 7.11. The Labute approximate surface area is 139 Å². The summed E-state index contributed by atoms with van der Waals surface area (Å²) in [7, 11) is 1.80. The van der Waals surface area contributed by atoms with E-state index in [1.54, 1.807) is 23.3 Å². The maximum absolute atomic E-state index is 12.6. The van der Waals surface area contributed by atoms with Crippen LogP contribution in [0.15, 0.2) is 6.20 Å². The number of carbonyl (C=O) groups excluding carboxylic acids is 1. The number of aryl methyl sites for hydroxylation is 1. The largest absolute Gasteiger partial charge is 0.340 e. The van der Waals surface area contributed by atoms with Crippen LogP contribution in [0.25, 0.3) is 0 Å². The lowest BCUT2D eigenvalue weighted by Crippen LogP contribution is -2.30. The summed E-state index contributed by atoms with van der Waals surface area (Å²) >= 11 is 1.67. The Morgan fingerprint density at radius 3 is 3.00 bits per heavy atom. The first-order valence-corrected chi connectivity index (χ1v) is 8.67. The first kappa shape index (κ1) is 16.1. The Hall–Kier alpha value is -1.80. The molecular formula is C15H22N6OS. The van der Waals surface area contributed by atoms with Crippen LogP contribution in [0.5, 0.6) is 0 Å². The molecule has 8 heteroatoms. The Morgan fingerprint density at radius 2 is 2.35 bits per heavy atom. The van der Waals surface area contributed by atoms with Crippen LogP contribution in [0, 0.1) is 13.8 Å². The number of hydrogen-bond donors (Lipinski definition) is 1. The fraction of sp³-hybridized carbons (Fsp3) is 0.600. The summed E-state index contributed by atoms with van der Waals surface area (Å²) in [6.07, 6.45) is 3.66. The molecule has 1 aliphatic rings. The predicted octanol–water partition coefficient (Wildman–Crippen LogP) is 1.20. The van der Waals surface area contributed by atoms with E-state index >= 15 is 0 Å². The van der Waals surface area contributed by atoms with Gasteiger partial charge in [0.2, 0.25) is 0 Å². The molecule has 0 aromatic carbocycles. The number of nitrogens with one attached hydrogen (secondary N) is 1. The third kappa shape index (κ3) is 3.42. The number of rotatable bonds is 5. The highest BCUT2D eigenvalue weighted by Gasteiger charge is 2.25. The van der Waals surface area contributed by atoms with Gasteiger partial charge in [-0.1, -0.05) is 5.21 Å². The maximum Gasteiger partial charge on any atom is 0.276 e. The zero-order valence-electron chi connectivity index (χ0n) is 13.7. The number of carbonyl (C=O) groups is 1. The summed E-state index contributed by atoms with van der Waals surface area (Å²) in [5.41, 5.74) is 1.30. The van der Waals surface area contributed by atoms with E-state index in [-0.39, 0.29) is 5.91 Å². The van der Waals surface area contributed by atoms with Crippen LogP contribution in [-0.4, -0.2) is 57.5 Å². The van der Waals surface area contributed by atoms with E-state index in [4.69, 9.17) is 0 Å². The zero-order chi connectivity index (χ0) is 16.4. The molecule has 3 rings (SSSR count). The van der Waals surface area contributed by atoms with Gasteiger partial charge in [-0.2, -0.15) is 0 Å². The van der Waals surface area contributed by atoms with Gasteiger partial charge in [0.25, 0.3) is 5.91 Å². The molecule has 0 radical (unpaired) electrons. The fourth-order valence-electron chi connectivity index (χ4n) is 2.80. The molecule has 0 aliphatic carbocycles. The van der Waals surface area contributed by atoms with Crippen LogP contribution in [0.2, 0.25) is 0 Å². The minimum atomic E-state index is -0.0759. The quantitative estimate of drug-likeness (QED) is 0.889. The standard InChI is InChI=1S/C15H22N6OS/c1-10-8-17-13(23-10)5-7-20(3)15(22)14-11(2)21(19-18-14)12-4-6-16-9-12/h8,12,16H,4-7,9H2,1-3H3. The van der Waals surface area contributed by atoms with Crippen molar-refractivity contribution in [1.29, 1.82) is 0 Å². The number of likely N-dealkylation sites (N-methyl/N-ethyl adjacent to an activating group) is 1. The van der Waals surface area contributed by atoms with Crippen molar-refractivity contribution in [3.63, 3.8) is 0 Å². The molecule has 2 aromatic heterocycles. The van der Waals surface area contributed by atoms with E-state index in [0.29, 0.717) is 18.3 Å². The van der Waals surface area contributed by atoms with E-state index in [1.807, 2.05) is 24.7 Å². The summed E-state index contributed by atoms with van der Waals surface area (Å²) in [6.45, 7) is 6.46. The topological polar surface area (TPSA) is 75.9 Å². The molecule has 1 fully saturated rings. The lowest BCUT2D eigenvalue weighted by molar-refractivity contribution is 0.0790. The Bertz CT molecular complexity index is 688. The molecule has 1 amide bonds. The molecule has 1 atom stereocenters. The molecular weight excluding hydrogens is 312 g/mol. The van der Waals surface area contributed by atoms with Crippen molar-refractivity contribution in [2.45, 2.75) is 32.7 Å². The molecule has 2 aromatic rings. The van der Waals surface area contributed by atoms with E-state index < -0.39 is 0 Å². The van der Waals surface area contributed by atoms with Crippen molar-refractivity contribution in [3.8, 4) is 0 Å². The number of nitrogens with zero attached hydrogens (tertiary/aromatic N) is 5. The highest BCUT2D eigenvalue weighted by atomic mass is 32.1. The molecule has 1 saturated heterocycles. The maximum atomic E-state index is 12.6. The third-order valence-corrected chi connectivity index (χ3v) is 5.16. The number of hydrogen-bond acceptors (Lipinski definition) is 6. The van der Waals surface area contributed by atoms with Gasteiger partial charge in [-0.05, 0) is 26.8 Å². The molecule has 1 N–H and O–H groups in total. The zero-order valence-corrected chi connectivity index (χ0v) is 14.6. The number of thiazole rings is 1. The van der Waals surface area contributed by atoms with Gasteiger partial charge < -0.3 is 10.2 Å². The van der Waals surface area contributed by atoms with Crippen LogP contribution >= 0.6 is 11.3 Å². The Morgan fingerprint density at radius 1 is 1.52 bits per heavy atom. The van der Waals surface area contributed by atoms with Crippen molar-refractivity contribution in [3.05, 3.63) is 27.5 Å². The second-order valence-corrected chi connectivity index (χ2v) is 7.28. The van der Waals surface area contributed by atoms with Crippen molar-refractivity contribution in [1.82, 2.24) is 30.2 Å². The van der Waals surface area contributed by atoms with Crippen molar-refractivity contribution in [2.75, 3.05) is 26.7 Å². The van der Waals surface area contributed by atoms with Crippen LogP contribution in [-0.2, 0) is 6.42 Å². The molecule has 0 bridgehead atoms. The molecule has 3 heterocycles. The second-order valence-electron chi connectivity index (χ2n) is 5.96. The Kier molecular flexibility index (Phi) is 4.72. The predicted molar refractivity (Wildman–Crippen MR) is 88.8 cm³/mol. The average molecular weight is 334 g/mol. The van der Waals surface area contributed by atoms with Crippen LogP contribution in [0.1, 0.15) is 38.5 Å². The summed E-state index contributed by atoms with van der Waals surface area (Å²) in [4.78, 5) is 19.8. The first-order valence-electron chi connectivity index (χ1n) is 7.85. The molecule has 0 saturated carbocycles. The highest BCUT2D eigenvalue weighted by Crippen LogP contribution is 2.18. The molecule has 0 spiro atoms. The lowest BCUT2D eigenvalue weighted by Gasteiger charge is -2.16. The van der Waals surface area contributed by atoms with E-state index in [1.165, 1.54) is 4.88 Å². The van der Waals surface area contributed by atoms with Crippen molar-refractivity contribution in [2.24, 2.45) is 0 Å². The summed E-state index contributed by atoms with van der Waals surface area (Å²) < 4.78 is 1.88. The number of aromatic nitrogens is 4. The first-order chi connectivity index (χ1) is 11.1. The smallest absolute Gasteiger partial charge is 0.276 e. The van der Waals surface area contributed by atoms with Crippen LogP contribution < -0.4 is 5.32 Å². The Balaban J connectivity index is 1.65. The van der Waals surface area contributed by atoms with Gasteiger partial charge >= 0.3 is 0 Å². The summed E-state index contributed by atoms with van der Waals surface area (Å²) in [6, 6.07) is 0.299. The molecule has 124 valence electrons. The fourth-order valence-corrected chi connectivity index (χ4v) is 3.57. The summed E-state index contributed by atoms with van der Waals surface area (Å²) in [5, 5.41) is 12.7. The number of amides is 1. The van der Waals surface area contributed by atoms with Gasteiger partial charge in [0, 0.05) is 37.6 Å².